The van der Waals surface area contributed by atoms with Crippen molar-refractivity contribution in [3.8, 4) is 22.8 Å². The van der Waals surface area contributed by atoms with Crippen LogP contribution in [-0.4, -0.2) is 19.7 Å². The number of benzene rings is 2. The van der Waals surface area contributed by atoms with Crippen molar-refractivity contribution in [1.82, 2.24) is 19.7 Å². The van der Waals surface area contributed by atoms with Gasteiger partial charge >= 0.3 is 0 Å². The van der Waals surface area contributed by atoms with Crippen LogP contribution >= 0.6 is 0 Å². The van der Waals surface area contributed by atoms with Crippen molar-refractivity contribution in [3.05, 3.63) is 72.5 Å². The second kappa shape index (κ2) is 8.30. The van der Waals surface area contributed by atoms with E-state index in [4.69, 9.17) is 15.6 Å². The number of hydrogen-bond donors (Lipinski definition) is 1. The van der Waals surface area contributed by atoms with Crippen LogP contribution in [0.25, 0.3) is 22.3 Å². The zero-order chi connectivity index (χ0) is 22.1. The first kappa shape index (κ1) is 20.0. The Morgan fingerprint density at radius 3 is 2.56 bits per heavy atom. The molecule has 1 aliphatic rings. The Kier molecular flexibility index (Phi) is 5.18. The number of anilines is 1. The first-order valence-corrected chi connectivity index (χ1v) is 10.5. The highest BCUT2D eigenvalue weighted by molar-refractivity contribution is 5.98. The normalized spacial score (nSPS) is 16.3. The second-order valence-corrected chi connectivity index (χ2v) is 7.81. The van der Waals surface area contributed by atoms with Gasteiger partial charge in [0.25, 0.3) is 0 Å². The van der Waals surface area contributed by atoms with Crippen molar-refractivity contribution in [1.29, 1.82) is 0 Å². The third kappa shape index (κ3) is 3.64. The van der Waals surface area contributed by atoms with E-state index in [-0.39, 0.29) is 11.9 Å². The average molecular weight is 430 g/mol. The van der Waals surface area contributed by atoms with Crippen molar-refractivity contribution in [2.75, 3.05) is 5.73 Å². The molecule has 0 amide bonds. The Balaban J connectivity index is 1.54. The zero-order valence-corrected chi connectivity index (χ0v) is 17.2. The van der Waals surface area contributed by atoms with Crippen molar-refractivity contribution in [3.63, 3.8) is 0 Å². The SMILES string of the molecule is Nc1ncnc2c1c(-c1ccc(Oc3ccccc3)cc1F)nn2C1CCC(=C[O])CC1. The molecule has 7 nitrogen and oxygen atoms in total. The Morgan fingerprint density at radius 2 is 1.84 bits per heavy atom. The number of nitrogens with zero attached hydrogens (tertiary/aromatic N) is 4. The Bertz CT molecular complexity index is 1290. The predicted molar refractivity (Wildman–Crippen MR) is 118 cm³/mol. The number of ether oxygens (including phenoxy) is 1. The van der Waals surface area contributed by atoms with E-state index in [1.54, 1.807) is 28.9 Å². The van der Waals surface area contributed by atoms with E-state index >= 15 is 4.39 Å². The molecule has 2 heterocycles. The van der Waals surface area contributed by atoms with Gasteiger partial charge in [0.1, 0.15) is 41.4 Å². The molecule has 0 spiro atoms. The van der Waals surface area contributed by atoms with Crippen LogP contribution in [0.2, 0.25) is 0 Å². The lowest BCUT2D eigenvalue weighted by Crippen LogP contribution is -2.15. The van der Waals surface area contributed by atoms with Crippen LogP contribution in [0.5, 0.6) is 11.5 Å². The smallest absolute Gasteiger partial charge is 0.164 e. The molecule has 1 aliphatic carbocycles. The van der Waals surface area contributed by atoms with E-state index in [9.17, 15) is 5.11 Å². The molecular weight excluding hydrogens is 409 g/mol. The number of rotatable bonds is 4. The number of allylic oxidation sites excluding steroid dienone is 1. The molecule has 2 aromatic carbocycles. The van der Waals surface area contributed by atoms with Gasteiger partial charge in [-0.05, 0) is 55.5 Å². The van der Waals surface area contributed by atoms with Gasteiger partial charge in [-0.15, -0.1) is 0 Å². The van der Waals surface area contributed by atoms with Crippen LogP contribution in [0.15, 0.2) is 66.7 Å². The third-order valence-corrected chi connectivity index (χ3v) is 5.80. The lowest BCUT2D eigenvalue weighted by molar-refractivity contribution is 0.324. The molecule has 5 rings (SSSR count). The van der Waals surface area contributed by atoms with Gasteiger partial charge in [-0.2, -0.15) is 5.10 Å². The fraction of sp³-hybridized carbons (Fsp3) is 0.208. The first-order valence-electron chi connectivity index (χ1n) is 10.5. The highest BCUT2D eigenvalue weighted by atomic mass is 19.1. The molecule has 2 aromatic heterocycles. The highest BCUT2D eigenvalue weighted by Crippen LogP contribution is 2.38. The van der Waals surface area contributed by atoms with Gasteiger partial charge in [-0.25, -0.2) is 19.0 Å². The maximum absolute atomic E-state index is 15.2. The van der Waals surface area contributed by atoms with Gasteiger partial charge in [0.2, 0.25) is 0 Å². The summed E-state index contributed by atoms with van der Waals surface area (Å²) in [4.78, 5) is 8.49. The Hall–Kier alpha value is -3.94. The lowest BCUT2D eigenvalue weighted by Gasteiger charge is -2.23. The fourth-order valence-electron chi connectivity index (χ4n) is 4.15. The summed E-state index contributed by atoms with van der Waals surface area (Å²) in [5.74, 6) is 0.773. The number of nitrogen functional groups attached to an aromatic ring is 1. The minimum absolute atomic E-state index is 0.0491. The number of nitrogens with two attached hydrogens (primary N) is 1. The van der Waals surface area contributed by atoms with Gasteiger partial charge in [-0.3, -0.25) is 5.11 Å². The molecule has 0 bridgehead atoms. The highest BCUT2D eigenvalue weighted by Gasteiger charge is 2.26. The second-order valence-electron chi connectivity index (χ2n) is 7.81. The number of halogens is 1. The molecular formula is C24H21FN5O2. The summed E-state index contributed by atoms with van der Waals surface area (Å²) in [5, 5.41) is 16.3. The van der Waals surface area contributed by atoms with Crippen LogP contribution in [0.3, 0.4) is 0 Å². The molecule has 0 saturated heterocycles. The van der Waals surface area contributed by atoms with Gasteiger partial charge in [-0.1, -0.05) is 18.2 Å². The van der Waals surface area contributed by atoms with Gasteiger partial charge in [0.15, 0.2) is 5.65 Å². The molecule has 4 aromatic rings. The number of aromatic nitrogens is 4. The molecule has 0 aliphatic heterocycles. The molecule has 1 saturated carbocycles. The van der Waals surface area contributed by atoms with Crippen molar-refractivity contribution >= 4 is 16.9 Å². The maximum Gasteiger partial charge on any atom is 0.164 e. The fourth-order valence-corrected chi connectivity index (χ4v) is 4.15. The largest absolute Gasteiger partial charge is 0.457 e. The molecule has 0 atom stereocenters. The Morgan fingerprint density at radius 1 is 1.06 bits per heavy atom. The molecule has 0 unspecified atom stereocenters. The molecule has 32 heavy (non-hydrogen) atoms. The quantitative estimate of drug-likeness (QED) is 0.435. The monoisotopic (exact) mass is 430 g/mol. The summed E-state index contributed by atoms with van der Waals surface area (Å²) in [6, 6.07) is 13.9. The van der Waals surface area contributed by atoms with E-state index in [1.165, 1.54) is 12.4 Å². The predicted octanol–water partition coefficient (Wildman–Crippen LogP) is 5.44. The summed E-state index contributed by atoms with van der Waals surface area (Å²) in [7, 11) is 0. The Labute approximate surface area is 184 Å². The number of para-hydroxylation sites is 1. The van der Waals surface area contributed by atoms with E-state index in [1.807, 2.05) is 18.2 Å². The van der Waals surface area contributed by atoms with Crippen molar-refractivity contribution < 1.29 is 14.2 Å². The molecule has 1 radical (unpaired) electrons. The standard InChI is InChI=1S/C24H21FN5O2/c25-20-12-18(32-17-4-2-1-3-5-17)10-11-19(20)22-21-23(26)27-14-28-24(21)30(29-22)16-8-6-15(13-31)7-9-16/h1-5,10-14,16H,6-9H2,(H2,26,27,28). The minimum Gasteiger partial charge on any atom is -0.457 e. The van der Waals surface area contributed by atoms with E-state index in [2.05, 4.69) is 9.97 Å². The summed E-state index contributed by atoms with van der Waals surface area (Å²) >= 11 is 0. The summed E-state index contributed by atoms with van der Waals surface area (Å²) in [6.07, 6.45) is 5.29. The van der Waals surface area contributed by atoms with Crippen molar-refractivity contribution in [2.45, 2.75) is 31.7 Å². The van der Waals surface area contributed by atoms with Crippen LogP contribution in [0, 0.1) is 5.82 Å². The van der Waals surface area contributed by atoms with Gasteiger partial charge in [0.05, 0.1) is 11.4 Å². The lowest BCUT2D eigenvalue weighted by atomic mass is 9.92. The van der Waals surface area contributed by atoms with E-state index in [0.717, 1.165) is 24.7 Å². The maximum atomic E-state index is 15.2. The molecule has 1 fully saturated rings. The van der Waals surface area contributed by atoms with Crippen LogP contribution in [0.4, 0.5) is 10.2 Å². The van der Waals surface area contributed by atoms with Gasteiger partial charge < -0.3 is 10.5 Å². The minimum atomic E-state index is -0.478. The van der Waals surface area contributed by atoms with Gasteiger partial charge in [0, 0.05) is 11.6 Å². The summed E-state index contributed by atoms with van der Waals surface area (Å²) in [5.41, 5.74) is 8.33. The molecule has 8 heteroatoms. The van der Waals surface area contributed by atoms with Crippen LogP contribution < -0.4 is 10.5 Å². The zero-order valence-electron chi connectivity index (χ0n) is 17.2. The van der Waals surface area contributed by atoms with E-state index in [0.29, 0.717) is 46.6 Å². The van der Waals surface area contributed by atoms with Crippen LogP contribution in [-0.2, 0) is 5.11 Å². The van der Waals surface area contributed by atoms with E-state index < -0.39 is 5.82 Å². The first-order chi connectivity index (χ1) is 15.6. The summed E-state index contributed by atoms with van der Waals surface area (Å²) < 4.78 is 22.7. The third-order valence-electron chi connectivity index (χ3n) is 5.80. The van der Waals surface area contributed by atoms with Crippen molar-refractivity contribution in [2.24, 2.45) is 0 Å². The molecule has 161 valence electrons. The average Bonchev–Trinajstić information content (AvgIpc) is 3.21. The van der Waals surface area contributed by atoms with Crippen LogP contribution in [0.1, 0.15) is 31.7 Å². The summed E-state index contributed by atoms with van der Waals surface area (Å²) in [6.45, 7) is 0. The molecule has 2 N–H and O–H groups in total. The number of hydrogen-bond acceptors (Lipinski definition) is 5. The number of fused-ring (bicyclic) bond motifs is 1. The topological polar surface area (TPSA) is 98.8 Å².